The lowest BCUT2D eigenvalue weighted by Crippen LogP contribution is -2.34. The van der Waals surface area contributed by atoms with Crippen LogP contribution in [-0.4, -0.2) is 45.4 Å². The van der Waals surface area contributed by atoms with Gasteiger partial charge in [-0.05, 0) is 50.0 Å². The summed E-state index contributed by atoms with van der Waals surface area (Å²) in [4.78, 5) is 14.3. The van der Waals surface area contributed by atoms with E-state index in [0.29, 0.717) is 19.4 Å². The van der Waals surface area contributed by atoms with Crippen molar-refractivity contribution < 1.29 is 13.2 Å². The van der Waals surface area contributed by atoms with Crippen molar-refractivity contribution in [2.24, 2.45) is 5.14 Å². The fourth-order valence-electron chi connectivity index (χ4n) is 2.72. The van der Waals surface area contributed by atoms with Crippen molar-refractivity contribution >= 4 is 15.9 Å². The number of nitrogens with two attached hydrogens (primary N) is 1. The third-order valence-corrected chi connectivity index (χ3v) is 5.02. The number of sulfonamides is 1. The summed E-state index contributed by atoms with van der Waals surface area (Å²) in [6.45, 7) is 3.58. The Morgan fingerprint density at radius 3 is 2.39 bits per heavy atom. The molecule has 0 aromatic heterocycles. The zero-order valence-corrected chi connectivity index (χ0v) is 14.1. The van der Waals surface area contributed by atoms with Gasteiger partial charge in [0.25, 0.3) is 0 Å². The monoisotopic (exact) mass is 339 g/mol. The molecule has 1 fully saturated rings. The van der Waals surface area contributed by atoms with Crippen LogP contribution in [0.1, 0.15) is 31.2 Å². The van der Waals surface area contributed by atoms with Gasteiger partial charge in [0.1, 0.15) is 0 Å². The zero-order valence-electron chi connectivity index (χ0n) is 13.3. The molecule has 0 spiro atoms. The van der Waals surface area contributed by atoms with Gasteiger partial charge < -0.3 is 10.2 Å². The molecule has 1 aromatic rings. The van der Waals surface area contributed by atoms with E-state index >= 15 is 0 Å². The number of benzene rings is 1. The van der Waals surface area contributed by atoms with Gasteiger partial charge in [-0.25, -0.2) is 13.6 Å². The predicted octanol–water partition coefficient (Wildman–Crippen LogP) is 0.869. The highest BCUT2D eigenvalue weighted by molar-refractivity contribution is 7.89. The van der Waals surface area contributed by atoms with Gasteiger partial charge in [-0.15, -0.1) is 0 Å². The Labute approximate surface area is 138 Å². The molecule has 0 radical (unpaired) electrons. The van der Waals surface area contributed by atoms with Crippen molar-refractivity contribution in [2.75, 3.05) is 26.2 Å². The highest BCUT2D eigenvalue weighted by Gasteiger charge is 2.11. The normalized spacial score (nSPS) is 16.2. The van der Waals surface area contributed by atoms with E-state index in [1.807, 2.05) is 0 Å². The smallest absolute Gasteiger partial charge is 0.238 e. The van der Waals surface area contributed by atoms with Crippen LogP contribution < -0.4 is 10.5 Å². The van der Waals surface area contributed by atoms with E-state index in [9.17, 15) is 13.2 Å². The average molecular weight is 339 g/mol. The summed E-state index contributed by atoms with van der Waals surface area (Å²) in [5.74, 6) is 0.0664. The Bertz CT molecular complexity index is 608. The molecule has 1 heterocycles. The van der Waals surface area contributed by atoms with Gasteiger partial charge in [-0.3, -0.25) is 4.79 Å². The number of primary sulfonamides is 1. The van der Waals surface area contributed by atoms with Crippen molar-refractivity contribution in [3.05, 3.63) is 29.8 Å². The number of amides is 1. The van der Waals surface area contributed by atoms with Crippen LogP contribution in [0.4, 0.5) is 0 Å². The summed E-state index contributed by atoms with van der Waals surface area (Å²) in [5.41, 5.74) is 0.966. The third kappa shape index (κ3) is 6.29. The second-order valence-electron chi connectivity index (χ2n) is 5.94. The molecule has 2 rings (SSSR count). The minimum atomic E-state index is -3.65. The summed E-state index contributed by atoms with van der Waals surface area (Å²) in [5, 5.41) is 7.96. The van der Waals surface area contributed by atoms with Crippen LogP contribution in [0.25, 0.3) is 0 Å². The van der Waals surface area contributed by atoms with E-state index < -0.39 is 10.0 Å². The van der Waals surface area contributed by atoms with Crippen LogP contribution in [0.3, 0.4) is 0 Å². The molecule has 3 N–H and O–H groups in total. The summed E-state index contributed by atoms with van der Waals surface area (Å²) >= 11 is 0. The topological polar surface area (TPSA) is 92.5 Å². The van der Waals surface area contributed by atoms with Crippen LogP contribution in [0.2, 0.25) is 0 Å². The van der Waals surface area contributed by atoms with E-state index in [2.05, 4.69) is 10.2 Å². The Morgan fingerprint density at radius 1 is 1.13 bits per heavy atom. The van der Waals surface area contributed by atoms with Crippen LogP contribution >= 0.6 is 0 Å². The largest absolute Gasteiger partial charge is 0.356 e. The Hall–Kier alpha value is -1.44. The number of nitrogens with one attached hydrogen (secondary N) is 1. The van der Waals surface area contributed by atoms with E-state index in [4.69, 9.17) is 5.14 Å². The molecule has 0 aliphatic carbocycles. The minimum Gasteiger partial charge on any atom is -0.356 e. The second kappa shape index (κ2) is 8.42. The third-order valence-electron chi connectivity index (χ3n) is 4.09. The van der Waals surface area contributed by atoms with Gasteiger partial charge in [0.05, 0.1) is 4.90 Å². The highest BCUT2D eigenvalue weighted by atomic mass is 32.2. The Morgan fingerprint density at radius 2 is 1.78 bits per heavy atom. The van der Waals surface area contributed by atoms with Crippen molar-refractivity contribution in [2.45, 2.75) is 37.0 Å². The van der Waals surface area contributed by atoms with Crippen molar-refractivity contribution in [1.82, 2.24) is 10.2 Å². The fourth-order valence-corrected chi connectivity index (χ4v) is 3.24. The molecule has 0 unspecified atom stereocenters. The molecule has 7 heteroatoms. The second-order valence-corrected chi connectivity index (χ2v) is 7.50. The van der Waals surface area contributed by atoms with Gasteiger partial charge in [-0.2, -0.15) is 0 Å². The number of hydrogen-bond acceptors (Lipinski definition) is 4. The molecule has 1 aliphatic rings. The van der Waals surface area contributed by atoms with Crippen LogP contribution in [0, 0.1) is 0 Å². The lowest BCUT2D eigenvalue weighted by Gasteiger charge is -2.25. The zero-order chi connectivity index (χ0) is 16.7. The molecular weight excluding hydrogens is 314 g/mol. The van der Waals surface area contributed by atoms with Gasteiger partial charge in [-0.1, -0.05) is 18.6 Å². The standard InChI is InChI=1S/C16H25N3O3S/c17-23(21,22)15-6-4-14(5-7-15)8-10-18-16(20)9-13-19-11-2-1-3-12-19/h4-7H,1-3,8-13H2,(H,18,20)(H2,17,21,22). The van der Waals surface area contributed by atoms with Crippen molar-refractivity contribution in [1.29, 1.82) is 0 Å². The molecule has 1 aromatic carbocycles. The lowest BCUT2D eigenvalue weighted by molar-refractivity contribution is -0.121. The Kier molecular flexibility index (Phi) is 6.56. The molecule has 23 heavy (non-hydrogen) atoms. The molecule has 0 saturated carbocycles. The average Bonchev–Trinajstić information content (AvgIpc) is 2.53. The molecule has 0 bridgehead atoms. The van der Waals surface area contributed by atoms with E-state index in [1.165, 1.54) is 31.4 Å². The van der Waals surface area contributed by atoms with Crippen LogP contribution in [-0.2, 0) is 21.2 Å². The van der Waals surface area contributed by atoms with Gasteiger partial charge in [0.15, 0.2) is 0 Å². The summed E-state index contributed by atoms with van der Waals surface area (Å²) in [7, 11) is -3.65. The first-order chi connectivity index (χ1) is 10.9. The number of carbonyl (C=O) groups excluding carboxylic acids is 1. The van der Waals surface area contributed by atoms with E-state index in [0.717, 1.165) is 25.2 Å². The summed E-state index contributed by atoms with van der Waals surface area (Å²) in [6.07, 6.45) is 4.96. The number of hydrogen-bond donors (Lipinski definition) is 2. The van der Waals surface area contributed by atoms with E-state index in [1.54, 1.807) is 12.1 Å². The van der Waals surface area contributed by atoms with Gasteiger partial charge in [0, 0.05) is 19.5 Å². The maximum Gasteiger partial charge on any atom is 0.238 e. The maximum atomic E-state index is 11.8. The molecule has 1 saturated heterocycles. The summed E-state index contributed by atoms with van der Waals surface area (Å²) in [6, 6.07) is 6.42. The van der Waals surface area contributed by atoms with Crippen LogP contribution in [0.5, 0.6) is 0 Å². The fraction of sp³-hybridized carbons (Fsp3) is 0.562. The van der Waals surface area contributed by atoms with Crippen LogP contribution in [0.15, 0.2) is 29.2 Å². The lowest BCUT2D eigenvalue weighted by atomic mass is 10.1. The first-order valence-electron chi connectivity index (χ1n) is 8.06. The number of rotatable bonds is 7. The highest BCUT2D eigenvalue weighted by Crippen LogP contribution is 2.10. The summed E-state index contributed by atoms with van der Waals surface area (Å²) < 4.78 is 22.3. The number of piperidine rings is 1. The SMILES string of the molecule is NS(=O)(=O)c1ccc(CCNC(=O)CCN2CCCCC2)cc1. The van der Waals surface area contributed by atoms with Gasteiger partial charge >= 0.3 is 0 Å². The molecule has 1 aliphatic heterocycles. The quantitative estimate of drug-likeness (QED) is 0.771. The number of nitrogens with zero attached hydrogens (tertiary/aromatic N) is 1. The maximum absolute atomic E-state index is 11.8. The first-order valence-corrected chi connectivity index (χ1v) is 9.60. The number of carbonyl (C=O) groups is 1. The predicted molar refractivity (Wildman–Crippen MR) is 89.4 cm³/mol. The molecule has 6 nitrogen and oxygen atoms in total. The molecular formula is C16H25N3O3S. The van der Waals surface area contributed by atoms with E-state index in [-0.39, 0.29) is 10.8 Å². The first kappa shape index (κ1) is 17.9. The molecule has 128 valence electrons. The van der Waals surface area contributed by atoms with Gasteiger partial charge in [0.2, 0.25) is 15.9 Å². The molecule has 0 atom stereocenters. The molecule has 1 amide bonds. The minimum absolute atomic E-state index is 0.0664. The Balaban J connectivity index is 1.66. The van der Waals surface area contributed by atoms with Crippen molar-refractivity contribution in [3.8, 4) is 0 Å². The van der Waals surface area contributed by atoms with Crippen molar-refractivity contribution in [3.63, 3.8) is 0 Å². The number of likely N-dealkylation sites (tertiary alicyclic amines) is 1.